The van der Waals surface area contributed by atoms with Gasteiger partial charge in [0.25, 0.3) is 0 Å². The van der Waals surface area contributed by atoms with E-state index in [9.17, 15) is 13.2 Å². The zero-order chi connectivity index (χ0) is 21.6. The first kappa shape index (κ1) is 22.0. The number of aromatic nitrogens is 1. The Balaban J connectivity index is 1.56. The molecule has 2 aromatic carbocycles. The van der Waals surface area contributed by atoms with Crippen LogP contribution in [0.5, 0.6) is 5.75 Å². The van der Waals surface area contributed by atoms with Gasteiger partial charge in [-0.15, -0.1) is 11.3 Å². The van der Waals surface area contributed by atoms with Crippen LogP contribution in [0.25, 0.3) is 0 Å². The predicted molar refractivity (Wildman–Crippen MR) is 118 cm³/mol. The average molecular weight is 445 g/mol. The van der Waals surface area contributed by atoms with Gasteiger partial charge in [0.2, 0.25) is 5.91 Å². The first-order valence-corrected chi connectivity index (χ1v) is 12.2. The van der Waals surface area contributed by atoms with E-state index < -0.39 is 21.5 Å². The van der Waals surface area contributed by atoms with Crippen LogP contribution in [0.1, 0.15) is 29.2 Å². The summed E-state index contributed by atoms with van der Waals surface area (Å²) in [5, 5.41) is 2.38. The van der Waals surface area contributed by atoms with Crippen molar-refractivity contribution in [3.05, 3.63) is 82.3 Å². The lowest BCUT2D eigenvalue weighted by Crippen LogP contribution is -2.34. The summed E-state index contributed by atoms with van der Waals surface area (Å²) in [6.45, 7) is 2.14. The van der Waals surface area contributed by atoms with Crippen molar-refractivity contribution >= 4 is 27.1 Å². The zero-order valence-corrected chi connectivity index (χ0v) is 18.5. The highest BCUT2D eigenvalue weighted by Gasteiger charge is 2.24. The van der Waals surface area contributed by atoms with E-state index >= 15 is 0 Å². The minimum absolute atomic E-state index is 0.213. The third-order valence-corrected chi connectivity index (χ3v) is 6.97. The number of para-hydroxylation sites is 1. The fourth-order valence-electron chi connectivity index (χ4n) is 2.88. The molecule has 30 heavy (non-hydrogen) atoms. The van der Waals surface area contributed by atoms with Crippen LogP contribution in [-0.2, 0) is 27.0 Å². The second-order valence-electron chi connectivity index (χ2n) is 6.96. The summed E-state index contributed by atoms with van der Waals surface area (Å²) in [4.78, 5) is 18.3. The van der Waals surface area contributed by atoms with Crippen molar-refractivity contribution in [2.24, 2.45) is 0 Å². The number of benzene rings is 2. The Hall–Kier alpha value is -2.71. The van der Waals surface area contributed by atoms with Gasteiger partial charge < -0.3 is 9.64 Å². The lowest BCUT2D eigenvalue weighted by molar-refractivity contribution is -0.129. The number of carbonyl (C=O) groups is 1. The van der Waals surface area contributed by atoms with Crippen LogP contribution in [-0.4, -0.2) is 37.0 Å². The van der Waals surface area contributed by atoms with E-state index in [-0.39, 0.29) is 18.4 Å². The molecule has 1 amide bonds. The number of amides is 1. The van der Waals surface area contributed by atoms with E-state index in [1.165, 1.54) is 16.2 Å². The molecule has 3 aromatic rings. The Kier molecular flexibility index (Phi) is 7.23. The number of rotatable bonds is 9. The maximum absolute atomic E-state index is 12.5. The average Bonchev–Trinajstić information content (AvgIpc) is 3.18. The first-order valence-electron chi connectivity index (χ1n) is 9.46. The van der Waals surface area contributed by atoms with Crippen molar-refractivity contribution < 1.29 is 17.9 Å². The molecule has 1 heterocycles. The lowest BCUT2D eigenvalue weighted by atomic mass is 10.1. The molecule has 6 nitrogen and oxygen atoms in total. The third-order valence-electron chi connectivity index (χ3n) is 4.67. The molecule has 0 saturated heterocycles. The highest BCUT2D eigenvalue weighted by molar-refractivity contribution is 7.91. The minimum Gasteiger partial charge on any atom is -0.486 e. The molecule has 0 fully saturated rings. The van der Waals surface area contributed by atoms with Gasteiger partial charge in [0.05, 0.1) is 17.5 Å². The van der Waals surface area contributed by atoms with Crippen LogP contribution in [0.3, 0.4) is 0 Å². The van der Waals surface area contributed by atoms with Gasteiger partial charge in [0.1, 0.15) is 23.1 Å². The summed E-state index contributed by atoms with van der Waals surface area (Å²) in [5.74, 6) is -0.528. The lowest BCUT2D eigenvalue weighted by Gasteiger charge is -2.25. The Morgan fingerprint density at radius 2 is 1.73 bits per heavy atom. The molecule has 1 atom stereocenters. The highest BCUT2D eigenvalue weighted by atomic mass is 32.2. The van der Waals surface area contributed by atoms with Crippen LogP contribution < -0.4 is 4.74 Å². The molecule has 0 aliphatic carbocycles. The number of hydrogen-bond donors (Lipinski definition) is 0. The van der Waals surface area contributed by atoms with Gasteiger partial charge in [-0.3, -0.25) is 4.79 Å². The normalized spacial score (nSPS) is 12.3. The minimum atomic E-state index is -3.64. The fourth-order valence-corrected chi connectivity index (χ4v) is 4.97. The molecule has 158 valence electrons. The number of carbonyl (C=O) groups excluding carboxylic acids is 1. The van der Waals surface area contributed by atoms with Gasteiger partial charge in [-0.1, -0.05) is 48.5 Å². The Morgan fingerprint density at radius 3 is 2.40 bits per heavy atom. The van der Waals surface area contributed by atoms with E-state index in [1.54, 1.807) is 12.4 Å². The Morgan fingerprint density at radius 1 is 1.10 bits per heavy atom. The van der Waals surface area contributed by atoms with Crippen LogP contribution in [0.4, 0.5) is 0 Å². The van der Waals surface area contributed by atoms with E-state index in [0.29, 0.717) is 10.7 Å². The van der Waals surface area contributed by atoms with Crippen molar-refractivity contribution in [1.82, 2.24) is 9.88 Å². The summed E-state index contributed by atoms with van der Waals surface area (Å²) in [6, 6.07) is 18.6. The molecule has 0 spiro atoms. The number of nitrogens with zero attached hydrogens (tertiary/aromatic N) is 2. The summed E-state index contributed by atoms with van der Waals surface area (Å²) in [5.41, 5.74) is 1.38. The maximum atomic E-state index is 12.5. The summed E-state index contributed by atoms with van der Waals surface area (Å²) < 4.78 is 30.7. The maximum Gasteiger partial charge on any atom is 0.238 e. The molecular formula is C22H24N2O4S2. The molecule has 0 saturated carbocycles. The Bertz CT molecular complexity index is 1070. The van der Waals surface area contributed by atoms with Crippen molar-refractivity contribution in [3.8, 4) is 5.75 Å². The molecule has 0 aliphatic heterocycles. The van der Waals surface area contributed by atoms with Gasteiger partial charge in [0, 0.05) is 12.4 Å². The first-order chi connectivity index (χ1) is 14.3. The van der Waals surface area contributed by atoms with E-state index in [4.69, 9.17) is 4.74 Å². The smallest absolute Gasteiger partial charge is 0.238 e. The molecule has 1 unspecified atom stereocenters. The van der Waals surface area contributed by atoms with Crippen molar-refractivity contribution in [2.45, 2.75) is 25.3 Å². The van der Waals surface area contributed by atoms with Crippen molar-refractivity contribution in [3.63, 3.8) is 0 Å². The quantitative estimate of drug-likeness (QED) is 0.501. The number of thiazole rings is 1. The topological polar surface area (TPSA) is 76.6 Å². The SMILES string of the molecule is CC(c1ccccc1)N(C)C(=O)CS(=O)(=O)Cc1csc(COc2ccccc2)n1. The van der Waals surface area contributed by atoms with Gasteiger partial charge in [-0.25, -0.2) is 13.4 Å². The monoisotopic (exact) mass is 444 g/mol. The number of hydrogen-bond acceptors (Lipinski definition) is 6. The van der Waals surface area contributed by atoms with Crippen LogP contribution in [0.2, 0.25) is 0 Å². The van der Waals surface area contributed by atoms with Gasteiger partial charge in [0.15, 0.2) is 9.84 Å². The Labute approximate surface area is 181 Å². The zero-order valence-electron chi connectivity index (χ0n) is 16.9. The molecule has 3 rings (SSSR count). The van der Waals surface area contributed by atoms with Crippen LogP contribution >= 0.6 is 11.3 Å². The summed E-state index contributed by atoms with van der Waals surface area (Å²) in [6.07, 6.45) is 0. The molecule has 1 aromatic heterocycles. The highest BCUT2D eigenvalue weighted by Crippen LogP contribution is 2.20. The van der Waals surface area contributed by atoms with E-state index in [1.807, 2.05) is 67.6 Å². The van der Waals surface area contributed by atoms with Gasteiger partial charge in [-0.2, -0.15) is 0 Å². The molecule has 0 bridgehead atoms. The largest absolute Gasteiger partial charge is 0.486 e. The van der Waals surface area contributed by atoms with Crippen LogP contribution in [0.15, 0.2) is 66.0 Å². The molecule has 0 radical (unpaired) electrons. The summed E-state index contributed by atoms with van der Waals surface area (Å²) in [7, 11) is -2.01. The second-order valence-corrected chi connectivity index (χ2v) is 9.96. The van der Waals surface area contributed by atoms with Crippen LogP contribution in [0, 0.1) is 0 Å². The van der Waals surface area contributed by atoms with Crippen molar-refractivity contribution in [2.75, 3.05) is 12.8 Å². The standard InChI is InChI=1S/C22H24N2O4S2/c1-17(18-9-5-3-6-10-18)24(2)22(25)16-30(26,27)15-19-14-29-21(23-19)13-28-20-11-7-4-8-12-20/h3-12,14,17H,13,15-16H2,1-2H3. The second kappa shape index (κ2) is 9.86. The molecule has 0 N–H and O–H groups in total. The van der Waals surface area contributed by atoms with Crippen molar-refractivity contribution in [1.29, 1.82) is 0 Å². The predicted octanol–water partition coefficient (Wildman–Crippen LogP) is 3.86. The van der Waals surface area contributed by atoms with E-state index in [2.05, 4.69) is 4.98 Å². The summed E-state index contributed by atoms with van der Waals surface area (Å²) >= 11 is 1.34. The third kappa shape index (κ3) is 6.14. The molecular weight excluding hydrogens is 420 g/mol. The van der Waals surface area contributed by atoms with Gasteiger partial charge >= 0.3 is 0 Å². The van der Waals surface area contributed by atoms with E-state index in [0.717, 1.165) is 11.3 Å². The number of sulfone groups is 1. The molecule has 0 aliphatic rings. The fraction of sp³-hybridized carbons (Fsp3) is 0.273. The van der Waals surface area contributed by atoms with Gasteiger partial charge in [-0.05, 0) is 24.6 Å². The number of ether oxygens (including phenoxy) is 1. The molecule has 8 heteroatoms.